The predicted molar refractivity (Wildman–Crippen MR) is 86.5 cm³/mol. The Kier molecular flexibility index (Phi) is 5.52. The van der Waals surface area contributed by atoms with Crippen molar-refractivity contribution < 1.29 is 9.53 Å². The van der Waals surface area contributed by atoms with Crippen molar-refractivity contribution in [3.63, 3.8) is 0 Å². The minimum absolute atomic E-state index is 0.118. The van der Waals surface area contributed by atoms with E-state index in [1.54, 1.807) is 17.0 Å². The fraction of sp³-hybridized carbons (Fsp3) is 0.467. The summed E-state index contributed by atoms with van der Waals surface area (Å²) in [5.41, 5.74) is 5.76. The van der Waals surface area contributed by atoms with Gasteiger partial charge in [-0.25, -0.2) is 4.79 Å². The van der Waals surface area contributed by atoms with E-state index in [0.29, 0.717) is 23.8 Å². The van der Waals surface area contributed by atoms with E-state index < -0.39 is 0 Å². The van der Waals surface area contributed by atoms with Crippen molar-refractivity contribution in [2.24, 2.45) is 5.73 Å². The fourth-order valence-corrected chi connectivity index (χ4v) is 2.83. The third-order valence-electron chi connectivity index (χ3n) is 3.68. The van der Waals surface area contributed by atoms with Crippen LogP contribution in [0.25, 0.3) is 0 Å². The lowest BCUT2D eigenvalue weighted by Gasteiger charge is -2.38. The Morgan fingerprint density at radius 2 is 1.90 bits per heavy atom. The highest BCUT2D eigenvalue weighted by atomic mass is 32.1. The molecular formula is C15H21N3O2S. The van der Waals surface area contributed by atoms with Crippen LogP contribution in [0, 0.1) is 0 Å². The molecule has 0 aromatic heterocycles. The molecule has 0 saturated carbocycles. The second-order valence-electron chi connectivity index (χ2n) is 5.03. The molecule has 114 valence electrons. The molecule has 0 aliphatic carbocycles. The Morgan fingerprint density at radius 3 is 2.43 bits per heavy atom. The van der Waals surface area contributed by atoms with Gasteiger partial charge in [-0.3, -0.25) is 4.90 Å². The SMILES string of the molecule is CCC(C(N)=S)N1CCN(C(=O)Oc2ccccc2)CC1. The van der Waals surface area contributed by atoms with E-state index in [0.717, 1.165) is 19.5 Å². The smallest absolute Gasteiger partial charge is 0.410 e. The molecule has 1 amide bonds. The average molecular weight is 307 g/mol. The van der Waals surface area contributed by atoms with Crippen molar-refractivity contribution in [3.8, 4) is 5.75 Å². The normalized spacial score (nSPS) is 17.3. The zero-order chi connectivity index (χ0) is 15.2. The molecule has 0 spiro atoms. The van der Waals surface area contributed by atoms with Gasteiger partial charge in [0.2, 0.25) is 0 Å². The van der Waals surface area contributed by atoms with Gasteiger partial charge in [-0.05, 0) is 18.6 Å². The maximum atomic E-state index is 12.1. The van der Waals surface area contributed by atoms with Gasteiger partial charge in [-0.15, -0.1) is 0 Å². The summed E-state index contributed by atoms with van der Waals surface area (Å²) >= 11 is 5.10. The highest BCUT2D eigenvalue weighted by Gasteiger charge is 2.27. The number of carbonyl (C=O) groups is 1. The van der Waals surface area contributed by atoms with E-state index in [1.807, 2.05) is 18.2 Å². The van der Waals surface area contributed by atoms with Gasteiger partial charge in [-0.1, -0.05) is 37.3 Å². The number of nitrogens with zero attached hydrogens (tertiary/aromatic N) is 2. The van der Waals surface area contributed by atoms with Gasteiger partial charge >= 0.3 is 6.09 Å². The van der Waals surface area contributed by atoms with Crippen LogP contribution in [0.2, 0.25) is 0 Å². The van der Waals surface area contributed by atoms with Gasteiger partial charge in [0.05, 0.1) is 11.0 Å². The Hall–Kier alpha value is -1.66. The number of rotatable bonds is 4. The van der Waals surface area contributed by atoms with Crippen LogP contribution in [0.3, 0.4) is 0 Å². The van der Waals surface area contributed by atoms with E-state index in [2.05, 4.69) is 11.8 Å². The summed E-state index contributed by atoms with van der Waals surface area (Å²) in [7, 11) is 0. The van der Waals surface area contributed by atoms with Crippen LogP contribution in [-0.2, 0) is 0 Å². The van der Waals surface area contributed by atoms with E-state index in [9.17, 15) is 4.79 Å². The van der Waals surface area contributed by atoms with Gasteiger partial charge < -0.3 is 15.4 Å². The summed E-state index contributed by atoms with van der Waals surface area (Å²) in [6.07, 6.45) is 0.591. The second kappa shape index (κ2) is 7.38. The van der Waals surface area contributed by atoms with Crippen molar-refractivity contribution in [3.05, 3.63) is 30.3 Å². The van der Waals surface area contributed by atoms with Crippen LogP contribution in [0.1, 0.15) is 13.3 Å². The molecule has 1 aromatic carbocycles. The largest absolute Gasteiger partial charge is 0.415 e. The number of nitrogens with two attached hydrogens (primary N) is 1. The van der Waals surface area contributed by atoms with Crippen LogP contribution >= 0.6 is 12.2 Å². The molecule has 6 heteroatoms. The third-order valence-corrected chi connectivity index (χ3v) is 3.95. The minimum atomic E-state index is -0.302. The zero-order valence-electron chi connectivity index (χ0n) is 12.2. The maximum absolute atomic E-state index is 12.1. The molecule has 2 N–H and O–H groups in total. The molecule has 1 aromatic rings. The van der Waals surface area contributed by atoms with Crippen LogP contribution in [0.15, 0.2) is 30.3 Å². The first-order chi connectivity index (χ1) is 10.1. The standard InChI is InChI=1S/C15H21N3O2S/c1-2-13(14(16)21)17-8-10-18(11-9-17)15(19)20-12-6-4-3-5-7-12/h3-7,13H,2,8-11H2,1H3,(H2,16,21). The van der Waals surface area contributed by atoms with Crippen LogP contribution in [0.5, 0.6) is 5.75 Å². The monoisotopic (exact) mass is 307 g/mol. The molecule has 5 nitrogen and oxygen atoms in total. The van der Waals surface area contributed by atoms with Gasteiger partial charge in [0.15, 0.2) is 0 Å². The molecule has 1 aliphatic rings. The summed E-state index contributed by atoms with van der Waals surface area (Å²) < 4.78 is 5.34. The summed E-state index contributed by atoms with van der Waals surface area (Å²) in [6.45, 7) is 4.86. The molecule has 0 radical (unpaired) electrons. The van der Waals surface area contributed by atoms with E-state index in [-0.39, 0.29) is 12.1 Å². The lowest BCUT2D eigenvalue weighted by molar-refractivity contribution is 0.102. The minimum Gasteiger partial charge on any atom is -0.410 e. The summed E-state index contributed by atoms with van der Waals surface area (Å²) in [4.78, 5) is 16.6. The molecule has 2 rings (SSSR count). The Morgan fingerprint density at radius 1 is 1.29 bits per heavy atom. The molecule has 1 aliphatic heterocycles. The molecule has 1 saturated heterocycles. The van der Waals surface area contributed by atoms with Crippen LogP contribution < -0.4 is 10.5 Å². The number of amides is 1. The molecule has 1 unspecified atom stereocenters. The van der Waals surface area contributed by atoms with Crippen molar-refractivity contribution in [1.29, 1.82) is 0 Å². The van der Waals surface area contributed by atoms with E-state index >= 15 is 0 Å². The quantitative estimate of drug-likeness (QED) is 0.861. The predicted octanol–water partition coefficient (Wildman–Crippen LogP) is 1.87. The first kappa shape index (κ1) is 15.7. The average Bonchev–Trinajstić information content (AvgIpc) is 2.49. The van der Waals surface area contributed by atoms with Gasteiger partial charge in [0.25, 0.3) is 0 Å². The fourth-order valence-electron chi connectivity index (χ4n) is 2.51. The molecule has 1 fully saturated rings. The van der Waals surface area contributed by atoms with Crippen molar-refractivity contribution in [1.82, 2.24) is 9.80 Å². The molecule has 1 heterocycles. The Balaban J connectivity index is 1.86. The summed E-state index contributed by atoms with van der Waals surface area (Å²) in [5, 5.41) is 0. The topological polar surface area (TPSA) is 58.8 Å². The maximum Gasteiger partial charge on any atom is 0.415 e. The van der Waals surface area contributed by atoms with Gasteiger partial charge in [0, 0.05) is 26.2 Å². The molecular weight excluding hydrogens is 286 g/mol. The van der Waals surface area contributed by atoms with Gasteiger partial charge in [-0.2, -0.15) is 0 Å². The Labute approximate surface area is 130 Å². The van der Waals surface area contributed by atoms with Gasteiger partial charge in [0.1, 0.15) is 5.75 Å². The summed E-state index contributed by atoms with van der Waals surface area (Å²) in [6, 6.07) is 9.23. The zero-order valence-corrected chi connectivity index (χ0v) is 13.0. The molecule has 1 atom stereocenters. The number of hydrogen-bond acceptors (Lipinski definition) is 4. The lowest BCUT2D eigenvalue weighted by atomic mass is 10.1. The number of thiocarbonyl (C=S) groups is 1. The number of para-hydroxylation sites is 1. The molecule has 0 bridgehead atoms. The highest BCUT2D eigenvalue weighted by Crippen LogP contribution is 2.13. The van der Waals surface area contributed by atoms with Crippen molar-refractivity contribution in [2.45, 2.75) is 19.4 Å². The van der Waals surface area contributed by atoms with E-state index in [4.69, 9.17) is 22.7 Å². The van der Waals surface area contributed by atoms with Crippen LogP contribution in [0.4, 0.5) is 4.79 Å². The highest BCUT2D eigenvalue weighted by molar-refractivity contribution is 7.80. The second-order valence-corrected chi connectivity index (χ2v) is 5.50. The van der Waals surface area contributed by atoms with Crippen LogP contribution in [-0.4, -0.2) is 53.1 Å². The number of ether oxygens (including phenoxy) is 1. The summed E-state index contributed by atoms with van der Waals surface area (Å²) in [5.74, 6) is 0.569. The van der Waals surface area contributed by atoms with Crippen molar-refractivity contribution >= 4 is 23.3 Å². The van der Waals surface area contributed by atoms with Crippen molar-refractivity contribution in [2.75, 3.05) is 26.2 Å². The lowest BCUT2D eigenvalue weighted by Crippen LogP contribution is -2.55. The first-order valence-electron chi connectivity index (χ1n) is 7.17. The number of piperazine rings is 1. The molecule has 21 heavy (non-hydrogen) atoms. The Bertz CT molecular complexity index is 487. The number of carbonyl (C=O) groups excluding carboxylic acids is 1. The first-order valence-corrected chi connectivity index (χ1v) is 7.57. The third kappa shape index (κ3) is 4.15. The number of hydrogen-bond donors (Lipinski definition) is 1. The number of benzene rings is 1. The van der Waals surface area contributed by atoms with E-state index in [1.165, 1.54) is 0 Å².